The number of anilines is 2. The molecule has 2 heterocycles. The first-order valence-corrected chi connectivity index (χ1v) is 9.50. The van der Waals surface area contributed by atoms with E-state index in [4.69, 9.17) is 9.47 Å². The molecule has 0 aliphatic carbocycles. The highest BCUT2D eigenvalue weighted by atomic mass is 16.5. The zero-order valence-corrected chi connectivity index (χ0v) is 16.5. The molecule has 2 aliphatic heterocycles. The molecule has 1 N–H and O–H groups in total. The molecule has 7 nitrogen and oxygen atoms in total. The summed E-state index contributed by atoms with van der Waals surface area (Å²) >= 11 is 0. The average Bonchev–Trinajstić information content (AvgIpc) is 2.77. The number of amides is 2. The quantitative estimate of drug-likeness (QED) is 0.865. The monoisotopic (exact) mass is 393 g/mol. The first-order chi connectivity index (χ1) is 14.1. The van der Waals surface area contributed by atoms with E-state index >= 15 is 0 Å². The van der Waals surface area contributed by atoms with Gasteiger partial charge in [-0.3, -0.25) is 9.59 Å². The van der Waals surface area contributed by atoms with Gasteiger partial charge in [0, 0.05) is 48.8 Å². The Hall–Kier alpha value is -3.48. The Kier molecular flexibility index (Phi) is 5.12. The summed E-state index contributed by atoms with van der Waals surface area (Å²) in [5.74, 6) is 1.09. The summed E-state index contributed by atoms with van der Waals surface area (Å²) in [6, 6.07) is 11.2. The number of fused-ring (bicyclic) bond motifs is 1. The number of nitrogens with one attached hydrogen (secondary N) is 1. The summed E-state index contributed by atoms with van der Waals surface area (Å²) in [4.78, 5) is 28.2. The predicted octanol–water partition coefficient (Wildman–Crippen LogP) is 3.02. The van der Waals surface area contributed by atoms with Crippen LogP contribution in [0, 0.1) is 0 Å². The second kappa shape index (κ2) is 7.87. The summed E-state index contributed by atoms with van der Waals surface area (Å²) in [7, 11) is 3.12. The molecule has 2 amide bonds. The highest BCUT2D eigenvalue weighted by molar-refractivity contribution is 5.96. The third kappa shape index (κ3) is 3.76. The van der Waals surface area contributed by atoms with Crippen molar-refractivity contribution in [2.45, 2.75) is 12.8 Å². The van der Waals surface area contributed by atoms with Crippen LogP contribution in [0.5, 0.6) is 11.5 Å². The third-order valence-corrected chi connectivity index (χ3v) is 5.22. The molecule has 0 fully saturated rings. The molecule has 0 saturated carbocycles. The van der Waals surface area contributed by atoms with Gasteiger partial charge in [-0.1, -0.05) is 0 Å². The van der Waals surface area contributed by atoms with Crippen molar-refractivity contribution in [1.82, 2.24) is 4.90 Å². The van der Waals surface area contributed by atoms with E-state index in [1.165, 1.54) is 0 Å². The Morgan fingerprint density at radius 2 is 1.79 bits per heavy atom. The van der Waals surface area contributed by atoms with Gasteiger partial charge < -0.3 is 24.6 Å². The maximum Gasteiger partial charge on any atom is 0.258 e. The number of hydrogen-bond acceptors (Lipinski definition) is 5. The van der Waals surface area contributed by atoms with Gasteiger partial charge in [0.15, 0.2) is 11.5 Å². The number of nitrogens with zero attached hydrogens (tertiary/aromatic N) is 2. The number of carbonyl (C=O) groups excluding carboxylic acids is 2. The number of carbonyl (C=O) groups is 2. The van der Waals surface area contributed by atoms with Gasteiger partial charge >= 0.3 is 0 Å². The summed E-state index contributed by atoms with van der Waals surface area (Å²) in [5, 5.41) is 2.90. The highest BCUT2D eigenvalue weighted by Gasteiger charge is 2.21. The van der Waals surface area contributed by atoms with Crippen LogP contribution in [0.25, 0.3) is 0 Å². The molecule has 0 unspecified atom stereocenters. The zero-order chi connectivity index (χ0) is 20.4. The summed E-state index contributed by atoms with van der Waals surface area (Å²) in [5.41, 5.74) is 3.62. The molecular formula is C22H23N3O4. The maximum absolute atomic E-state index is 12.9. The Labute approximate surface area is 169 Å². The van der Waals surface area contributed by atoms with Crippen LogP contribution < -0.4 is 19.7 Å². The number of benzene rings is 2. The van der Waals surface area contributed by atoms with Crippen LogP contribution in [-0.2, 0) is 11.2 Å². The van der Waals surface area contributed by atoms with Crippen LogP contribution in [-0.4, -0.2) is 44.0 Å². The summed E-state index contributed by atoms with van der Waals surface area (Å²) in [6.45, 7) is 1.25. The van der Waals surface area contributed by atoms with Crippen molar-refractivity contribution >= 4 is 23.2 Å². The van der Waals surface area contributed by atoms with E-state index in [1.54, 1.807) is 43.5 Å². The van der Waals surface area contributed by atoms with Crippen LogP contribution in [0.15, 0.2) is 48.8 Å². The fraction of sp³-hybridized carbons (Fsp3) is 0.273. The standard InChI is InChI=1S/C22H23N3O4/c1-28-19-7-3-16(14-20(19)29-2)22(27)25-11-9-24(10-12-25)17-5-6-18-15(13-17)4-8-21(26)23-18/h3,5-7,9,11,13-14H,4,8,10,12H2,1-2H3,(H,23,26). The largest absolute Gasteiger partial charge is 0.493 e. The van der Waals surface area contributed by atoms with Crippen LogP contribution >= 0.6 is 0 Å². The van der Waals surface area contributed by atoms with E-state index in [9.17, 15) is 9.59 Å². The van der Waals surface area contributed by atoms with Crippen molar-refractivity contribution in [3.63, 3.8) is 0 Å². The normalized spacial score (nSPS) is 15.6. The van der Waals surface area contributed by atoms with E-state index in [1.807, 2.05) is 18.3 Å². The lowest BCUT2D eigenvalue weighted by Crippen LogP contribution is -2.38. The number of ether oxygens (including phenoxy) is 2. The van der Waals surface area contributed by atoms with Crippen LogP contribution in [0.1, 0.15) is 22.3 Å². The second-order valence-electron chi connectivity index (χ2n) is 6.95. The fourth-order valence-electron chi connectivity index (χ4n) is 3.59. The smallest absolute Gasteiger partial charge is 0.258 e. The lowest BCUT2D eigenvalue weighted by atomic mass is 10.0. The van der Waals surface area contributed by atoms with E-state index in [-0.39, 0.29) is 11.8 Å². The van der Waals surface area contributed by atoms with Crippen molar-refractivity contribution in [2.24, 2.45) is 0 Å². The molecule has 0 saturated heterocycles. The van der Waals surface area contributed by atoms with E-state index in [0.717, 1.165) is 23.4 Å². The minimum absolute atomic E-state index is 0.0624. The van der Waals surface area contributed by atoms with Crippen molar-refractivity contribution in [2.75, 3.05) is 37.5 Å². The number of hydrogen-bond donors (Lipinski definition) is 1. The van der Waals surface area contributed by atoms with Crippen molar-refractivity contribution in [1.29, 1.82) is 0 Å². The molecule has 0 radical (unpaired) electrons. The molecule has 0 aromatic heterocycles. The van der Waals surface area contributed by atoms with Crippen LogP contribution in [0.4, 0.5) is 11.4 Å². The van der Waals surface area contributed by atoms with Gasteiger partial charge in [-0.15, -0.1) is 0 Å². The number of rotatable bonds is 4. The Morgan fingerprint density at radius 3 is 2.52 bits per heavy atom. The van der Waals surface area contributed by atoms with E-state index in [0.29, 0.717) is 36.6 Å². The summed E-state index contributed by atoms with van der Waals surface area (Å²) < 4.78 is 10.5. The Morgan fingerprint density at radius 1 is 0.966 bits per heavy atom. The molecular weight excluding hydrogens is 370 g/mol. The lowest BCUT2D eigenvalue weighted by Gasteiger charge is -2.31. The molecule has 4 rings (SSSR count). The third-order valence-electron chi connectivity index (χ3n) is 5.22. The van der Waals surface area contributed by atoms with Gasteiger partial charge in [0.05, 0.1) is 14.2 Å². The minimum atomic E-state index is -0.0880. The average molecular weight is 393 g/mol. The summed E-state index contributed by atoms with van der Waals surface area (Å²) in [6.07, 6.45) is 4.96. The topological polar surface area (TPSA) is 71.1 Å². The van der Waals surface area contributed by atoms with Gasteiger partial charge in [-0.05, 0) is 48.4 Å². The van der Waals surface area contributed by atoms with Crippen LogP contribution in [0.3, 0.4) is 0 Å². The molecule has 0 atom stereocenters. The molecule has 2 aromatic rings. The Balaban J connectivity index is 1.48. The van der Waals surface area contributed by atoms with Gasteiger partial charge in [0.1, 0.15) is 0 Å². The fourth-order valence-corrected chi connectivity index (χ4v) is 3.59. The van der Waals surface area contributed by atoms with Crippen molar-refractivity contribution in [3.05, 3.63) is 59.9 Å². The molecule has 150 valence electrons. The van der Waals surface area contributed by atoms with E-state index in [2.05, 4.69) is 16.3 Å². The highest BCUT2D eigenvalue weighted by Crippen LogP contribution is 2.30. The first kappa shape index (κ1) is 18.9. The van der Waals surface area contributed by atoms with E-state index < -0.39 is 0 Å². The predicted molar refractivity (Wildman–Crippen MR) is 110 cm³/mol. The van der Waals surface area contributed by atoms with Gasteiger partial charge in [-0.2, -0.15) is 0 Å². The SMILES string of the molecule is COc1ccc(C(=O)N2C=CN(c3ccc4c(c3)CCC(=O)N4)CC2)cc1OC. The molecule has 2 aliphatic rings. The Bertz CT molecular complexity index is 986. The van der Waals surface area contributed by atoms with Crippen molar-refractivity contribution in [3.8, 4) is 11.5 Å². The molecule has 2 aromatic carbocycles. The van der Waals surface area contributed by atoms with Gasteiger partial charge in [-0.25, -0.2) is 0 Å². The minimum Gasteiger partial charge on any atom is -0.493 e. The van der Waals surface area contributed by atoms with Crippen molar-refractivity contribution < 1.29 is 19.1 Å². The molecule has 0 bridgehead atoms. The number of methoxy groups -OCH3 is 2. The van der Waals surface area contributed by atoms with Gasteiger partial charge in [0.25, 0.3) is 5.91 Å². The van der Waals surface area contributed by atoms with Gasteiger partial charge in [0.2, 0.25) is 5.91 Å². The second-order valence-corrected chi connectivity index (χ2v) is 6.95. The lowest BCUT2D eigenvalue weighted by molar-refractivity contribution is -0.116. The zero-order valence-electron chi connectivity index (χ0n) is 16.5. The first-order valence-electron chi connectivity index (χ1n) is 9.50. The van der Waals surface area contributed by atoms with Crippen LogP contribution in [0.2, 0.25) is 0 Å². The molecule has 7 heteroatoms. The maximum atomic E-state index is 12.9. The molecule has 0 spiro atoms. The number of aryl methyl sites for hydroxylation is 1. The molecule has 29 heavy (non-hydrogen) atoms.